The minimum atomic E-state index is -0.470. The Bertz CT molecular complexity index is 1290. The first kappa shape index (κ1) is 22.5. The van der Waals surface area contributed by atoms with Crippen molar-refractivity contribution in [1.82, 2.24) is 9.38 Å². The minimum absolute atomic E-state index is 0.216. The molecule has 0 radical (unpaired) electrons. The highest BCUT2D eigenvalue weighted by atomic mass is 32.1. The van der Waals surface area contributed by atoms with Gasteiger partial charge in [0.15, 0.2) is 18.0 Å². The highest BCUT2D eigenvalue weighted by Gasteiger charge is 2.23. The first-order valence-corrected chi connectivity index (χ1v) is 11.6. The standard InChI is InChI=1S/C25H25N3O4S/c1-4-17-8-10-18(11-9-17)19-15-33-24(22(19)25(30)31-5-2)27-21(29)14-32-20-7-6-12-28-13-16(3)26-23(20)28/h6-13,15H,4-5,14H2,1-3H3,(H,27,29). The summed E-state index contributed by atoms with van der Waals surface area (Å²) in [6.45, 7) is 5.77. The zero-order valence-electron chi connectivity index (χ0n) is 18.8. The van der Waals surface area contributed by atoms with E-state index in [0.717, 1.165) is 23.2 Å². The van der Waals surface area contributed by atoms with E-state index < -0.39 is 5.97 Å². The van der Waals surface area contributed by atoms with Crippen molar-refractivity contribution in [3.05, 3.63) is 71.0 Å². The Morgan fingerprint density at radius 2 is 1.94 bits per heavy atom. The average molecular weight is 464 g/mol. The van der Waals surface area contributed by atoms with Crippen LogP contribution in [0, 0.1) is 6.92 Å². The van der Waals surface area contributed by atoms with Gasteiger partial charge in [-0.25, -0.2) is 9.78 Å². The molecule has 1 amide bonds. The Morgan fingerprint density at radius 3 is 2.67 bits per heavy atom. The van der Waals surface area contributed by atoms with E-state index in [4.69, 9.17) is 9.47 Å². The first-order valence-electron chi connectivity index (χ1n) is 10.7. The second-order valence-corrected chi connectivity index (χ2v) is 8.33. The predicted molar refractivity (Wildman–Crippen MR) is 129 cm³/mol. The van der Waals surface area contributed by atoms with Gasteiger partial charge < -0.3 is 19.2 Å². The van der Waals surface area contributed by atoms with Crippen molar-refractivity contribution in [3.8, 4) is 16.9 Å². The van der Waals surface area contributed by atoms with Crippen molar-refractivity contribution in [3.63, 3.8) is 0 Å². The molecule has 0 saturated carbocycles. The zero-order valence-corrected chi connectivity index (χ0v) is 19.6. The number of aryl methyl sites for hydroxylation is 2. The number of esters is 1. The van der Waals surface area contributed by atoms with Crippen LogP contribution >= 0.6 is 11.3 Å². The van der Waals surface area contributed by atoms with Gasteiger partial charge in [0.25, 0.3) is 5.91 Å². The van der Waals surface area contributed by atoms with Gasteiger partial charge in [-0.05, 0) is 43.5 Å². The number of amides is 1. The van der Waals surface area contributed by atoms with Crippen molar-refractivity contribution in [2.75, 3.05) is 18.5 Å². The Hall–Kier alpha value is -3.65. The van der Waals surface area contributed by atoms with E-state index in [1.165, 1.54) is 16.9 Å². The zero-order chi connectivity index (χ0) is 23.4. The van der Waals surface area contributed by atoms with Crippen molar-refractivity contribution < 1.29 is 19.1 Å². The molecule has 7 nitrogen and oxygen atoms in total. The van der Waals surface area contributed by atoms with E-state index in [-0.39, 0.29) is 19.1 Å². The van der Waals surface area contributed by atoms with Crippen LogP contribution in [0.25, 0.3) is 16.8 Å². The molecule has 0 aliphatic rings. The molecule has 3 heterocycles. The van der Waals surface area contributed by atoms with E-state index >= 15 is 0 Å². The van der Waals surface area contributed by atoms with Crippen molar-refractivity contribution in [2.24, 2.45) is 0 Å². The lowest BCUT2D eigenvalue weighted by Gasteiger charge is -2.10. The lowest BCUT2D eigenvalue weighted by molar-refractivity contribution is -0.118. The predicted octanol–water partition coefficient (Wildman–Crippen LogP) is 5.13. The van der Waals surface area contributed by atoms with Gasteiger partial charge in [-0.3, -0.25) is 4.79 Å². The average Bonchev–Trinajstić information content (AvgIpc) is 3.40. The van der Waals surface area contributed by atoms with Gasteiger partial charge in [0.1, 0.15) is 10.6 Å². The van der Waals surface area contributed by atoms with Crippen LogP contribution in [0.5, 0.6) is 5.75 Å². The van der Waals surface area contributed by atoms with Gasteiger partial charge in [0.2, 0.25) is 0 Å². The number of thiophene rings is 1. The number of rotatable bonds is 8. The Kier molecular flexibility index (Phi) is 6.74. The number of nitrogens with zero attached hydrogens (tertiary/aromatic N) is 2. The molecule has 4 rings (SSSR count). The van der Waals surface area contributed by atoms with Crippen LogP contribution in [0.15, 0.2) is 54.2 Å². The number of carbonyl (C=O) groups excluding carboxylic acids is 2. The monoisotopic (exact) mass is 463 g/mol. The van der Waals surface area contributed by atoms with Crippen molar-refractivity contribution >= 4 is 33.9 Å². The molecule has 8 heteroatoms. The minimum Gasteiger partial charge on any atom is -0.480 e. The molecule has 4 aromatic rings. The van der Waals surface area contributed by atoms with Gasteiger partial charge >= 0.3 is 5.97 Å². The molecular formula is C25H25N3O4S. The number of fused-ring (bicyclic) bond motifs is 1. The largest absolute Gasteiger partial charge is 0.480 e. The summed E-state index contributed by atoms with van der Waals surface area (Å²) in [5.41, 5.74) is 4.68. The Labute approximate surface area is 196 Å². The molecular weight excluding hydrogens is 438 g/mol. The van der Waals surface area contributed by atoms with Gasteiger partial charge in [0.05, 0.1) is 12.3 Å². The van der Waals surface area contributed by atoms with Gasteiger partial charge in [-0.1, -0.05) is 31.2 Å². The van der Waals surface area contributed by atoms with Crippen LogP contribution in [0.2, 0.25) is 0 Å². The molecule has 0 aliphatic heterocycles. The van der Waals surface area contributed by atoms with Crippen LogP contribution in [0.4, 0.5) is 5.00 Å². The van der Waals surface area contributed by atoms with Crippen LogP contribution in [-0.2, 0) is 16.0 Å². The molecule has 1 N–H and O–H groups in total. The highest BCUT2D eigenvalue weighted by Crippen LogP contribution is 2.36. The summed E-state index contributed by atoms with van der Waals surface area (Å²) in [5, 5.41) is 5.11. The number of nitrogens with one attached hydrogen (secondary N) is 1. The SMILES string of the molecule is CCOC(=O)c1c(-c2ccc(CC)cc2)csc1NC(=O)COc1cccn2cc(C)nc12. The third-order valence-corrected chi connectivity index (χ3v) is 6.02. The number of anilines is 1. The highest BCUT2D eigenvalue weighted by molar-refractivity contribution is 7.15. The normalized spacial score (nSPS) is 10.9. The van der Waals surface area contributed by atoms with Crippen LogP contribution in [0.3, 0.4) is 0 Å². The summed E-state index contributed by atoms with van der Waals surface area (Å²) >= 11 is 1.29. The maximum Gasteiger partial charge on any atom is 0.341 e. The molecule has 3 aromatic heterocycles. The summed E-state index contributed by atoms with van der Waals surface area (Å²) in [6.07, 6.45) is 4.68. The van der Waals surface area contributed by atoms with Crippen molar-refractivity contribution in [1.29, 1.82) is 0 Å². The van der Waals surface area contributed by atoms with Crippen LogP contribution in [-0.4, -0.2) is 34.5 Å². The Morgan fingerprint density at radius 1 is 1.15 bits per heavy atom. The molecule has 0 spiro atoms. The maximum absolute atomic E-state index is 12.7. The number of hydrogen-bond donors (Lipinski definition) is 1. The topological polar surface area (TPSA) is 81.9 Å². The second-order valence-electron chi connectivity index (χ2n) is 7.45. The smallest absolute Gasteiger partial charge is 0.341 e. The molecule has 0 unspecified atom stereocenters. The van der Waals surface area contributed by atoms with Gasteiger partial charge in [0, 0.05) is 23.3 Å². The number of imidazole rings is 1. The molecule has 0 fully saturated rings. The second kappa shape index (κ2) is 9.87. The lowest BCUT2D eigenvalue weighted by atomic mass is 10.0. The van der Waals surface area contributed by atoms with Crippen LogP contribution < -0.4 is 10.1 Å². The molecule has 33 heavy (non-hydrogen) atoms. The number of pyridine rings is 1. The van der Waals surface area contributed by atoms with Gasteiger partial charge in [-0.2, -0.15) is 0 Å². The number of benzene rings is 1. The fourth-order valence-corrected chi connectivity index (χ4v) is 4.49. The van der Waals surface area contributed by atoms with Crippen molar-refractivity contribution in [2.45, 2.75) is 27.2 Å². The molecule has 0 saturated heterocycles. The molecule has 0 atom stereocenters. The summed E-state index contributed by atoms with van der Waals surface area (Å²) in [4.78, 5) is 29.9. The molecule has 1 aromatic carbocycles. The van der Waals surface area contributed by atoms with Crippen LogP contribution in [0.1, 0.15) is 35.5 Å². The Balaban J connectivity index is 1.54. The van der Waals surface area contributed by atoms with Gasteiger partial charge in [-0.15, -0.1) is 11.3 Å². The molecule has 170 valence electrons. The lowest BCUT2D eigenvalue weighted by Crippen LogP contribution is -2.21. The maximum atomic E-state index is 12.7. The summed E-state index contributed by atoms with van der Waals surface area (Å²) < 4.78 is 12.8. The van der Waals surface area contributed by atoms with E-state index in [2.05, 4.69) is 17.2 Å². The van der Waals surface area contributed by atoms with E-state index in [0.29, 0.717) is 22.0 Å². The number of ether oxygens (including phenoxy) is 2. The first-order chi connectivity index (χ1) is 16.0. The number of carbonyl (C=O) groups is 2. The van der Waals surface area contributed by atoms with E-state index in [9.17, 15) is 9.59 Å². The third-order valence-electron chi connectivity index (χ3n) is 5.12. The molecule has 0 bridgehead atoms. The molecule has 0 aliphatic carbocycles. The fourth-order valence-electron chi connectivity index (χ4n) is 3.52. The van der Waals surface area contributed by atoms with E-state index in [1.807, 2.05) is 59.4 Å². The summed E-state index contributed by atoms with van der Waals surface area (Å²) in [6, 6.07) is 11.6. The fraction of sp³-hybridized carbons (Fsp3) is 0.240. The summed E-state index contributed by atoms with van der Waals surface area (Å²) in [7, 11) is 0. The quantitative estimate of drug-likeness (QED) is 0.367. The number of hydrogen-bond acceptors (Lipinski definition) is 6. The third kappa shape index (κ3) is 4.90. The summed E-state index contributed by atoms with van der Waals surface area (Å²) in [5.74, 6) is -0.336. The van der Waals surface area contributed by atoms with E-state index in [1.54, 1.807) is 13.0 Å². The number of aromatic nitrogens is 2.